The first-order chi connectivity index (χ1) is 14.0. The van der Waals surface area contributed by atoms with E-state index < -0.39 is 0 Å². The van der Waals surface area contributed by atoms with Crippen LogP contribution >= 0.6 is 24.0 Å². The van der Waals surface area contributed by atoms with Crippen LogP contribution in [0.25, 0.3) is 0 Å². The van der Waals surface area contributed by atoms with Crippen LogP contribution in [-0.4, -0.2) is 81.6 Å². The van der Waals surface area contributed by atoms with Crippen LogP contribution in [0, 0.1) is 0 Å². The quantitative estimate of drug-likeness (QED) is 0.259. The van der Waals surface area contributed by atoms with E-state index in [9.17, 15) is 4.79 Å². The number of hydrogen-bond acceptors (Lipinski definition) is 4. The highest BCUT2D eigenvalue weighted by Crippen LogP contribution is 2.10. The number of likely N-dealkylation sites (N-methyl/N-ethyl adjacent to an activating group) is 1. The highest BCUT2D eigenvalue weighted by atomic mass is 127. The Kier molecular flexibility index (Phi) is 13.0. The normalized spacial score (nSPS) is 15.6. The van der Waals surface area contributed by atoms with E-state index in [1.54, 1.807) is 7.05 Å². The summed E-state index contributed by atoms with van der Waals surface area (Å²) in [7, 11) is 5.79. The molecule has 7 nitrogen and oxygen atoms in total. The van der Waals surface area contributed by atoms with E-state index in [2.05, 4.69) is 32.8 Å². The van der Waals surface area contributed by atoms with Gasteiger partial charge in [-0.05, 0) is 57.6 Å². The monoisotopic (exact) mass is 530 g/mol. The van der Waals surface area contributed by atoms with E-state index in [4.69, 9.17) is 0 Å². The predicted molar refractivity (Wildman–Crippen MR) is 136 cm³/mol. The van der Waals surface area contributed by atoms with Gasteiger partial charge >= 0.3 is 0 Å². The maximum absolute atomic E-state index is 12.3. The Morgan fingerprint density at radius 3 is 2.60 bits per heavy atom. The van der Waals surface area contributed by atoms with Gasteiger partial charge in [-0.2, -0.15) is 0 Å². The molecule has 8 heteroatoms. The van der Waals surface area contributed by atoms with E-state index in [1.807, 2.05) is 43.3 Å². The van der Waals surface area contributed by atoms with Gasteiger partial charge in [-0.3, -0.25) is 9.79 Å². The first kappa shape index (κ1) is 26.6. The number of guanidine groups is 1. The van der Waals surface area contributed by atoms with Crippen molar-refractivity contribution in [1.29, 1.82) is 0 Å². The van der Waals surface area contributed by atoms with Crippen molar-refractivity contribution in [3.63, 3.8) is 0 Å². The van der Waals surface area contributed by atoms with Gasteiger partial charge in [0.2, 0.25) is 0 Å². The zero-order valence-corrected chi connectivity index (χ0v) is 21.2. The minimum absolute atomic E-state index is 0. The topological polar surface area (TPSA) is 72.0 Å². The predicted octanol–water partition coefficient (Wildman–Crippen LogP) is 2.14. The van der Waals surface area contributed by atoms with E-state index in [1.165, 1.54) is 13.0 Å². The second kappa shape index (κ2) is 14.6. The van der Waals surface area contributed by atoms with Gasteiger partial charge in [0.25, 0.3) is 5.91 Å². The molecular weight excluding hydrogens is 491 g/mol. The molecule has 1 fully saturated rings. The van der Waals surface area contributed by atoms with Crippen LogP contribution in [0.4, 0.5) is 0 Å². The molecule has 0 atom stereocenters. The lowest BCUT2D eigenvalue weighted by molar-refractivity contribution is 0.0951. The minimum Gasteiger partial charge on any atom is -0.354 e. The third-order valence-corrected chi connectivity index (χ3v) is 5.19. The largest absolute Gasteiger partial charge is 0.354 e. The Labute approximate surface area is 199 Å². The summed E-state index contributed by atoms with van der Waals surface area (Å²) in [6.45, 7) is 7.82. The number of carbonyl (C=O) groups excluding carboxylic acids is 1. The van der Waals surface area contributed by atoms with Crippen LogP contribution in [0.3, 0.4) is 0 Å². The SMILES string of the molecule is CCCN1CCC(NC(=NC)NCc2cccc(C(=O)NCCN(C)C)c2)CC1.I. The van der Waals surface area contributed by atoms with Crippen LogP contribution in [0.5, 0.6) is 0 Å². The van der Waals surface area contributed by atoms with Crippen molar-refractivity contribution in [2.45, 2.75) is 38.8 Å². The second-order valence-corrected chi connectivity index (χ2v) is 7.95. The fourth-order valence-corrected chi connectivity index (χ4v) is 3.51. The lowest BCUT2D eigenvalue weighted by Crippen LogP contribution is -2.48. The highest BCUT2D eigenvalue weighted by Gasteiger charge is 2.19. The van der Waals surface area contributed by atoms with Crippen molar-refractivity contribution in [3.05, 3.63) is 35.4 Å². The first-order valence-corrected chi connectivity index (χ1v) is 10.7. The Balaban J connectivity index is 0.00000450. The minimum atomic E-state index is -0.0324. The molecule has 1 aromatic rings. The molecule has 0 spiro atoms. The summed E-state index contributed by atoms with van der Waals surface area (Å²) in [5.74, 6) is 0.787. The number of halogens is 1. The van der Waals surface area contributed by atoms with E-state index in [0.29, 0.717) is 24.7 Å². The summed E-state index contributed by atoms with van der Waals surface area (Å²) in [4.78, 5) is 21.3. The molecule has 0 aromatic heterocycles. The number of carbonyl (C=O) groups is 1. The number of benzene rings is 1. The van der Waals surface area contributed by atoms with Crippen LogP contribution < -0.4 is 16.0 Å². The van der Waals surface area contributed by atoms with Crippen molar-refractivity contribution in [2.24, 2.45) is 4.99 Å². The maximum atomic E-state index is 12.3. The number of amides is 1. The van der Waals surface area contributed by atoms with Gasteiger partial charge in [-0.25, -0.2) is 0 Å². The first-order valence-electron chi connectivity index (χ1n) is 10.7. The van der Waals surface area contributed by atoms with Crippen molar-refractivity contribution in [2.75, 3.05) is 53.9 Å². The molecular formula is C22H39IN6O. The third kappa shape index (κ3) is 9.61. The van der Waals surface area contributed by atoms with Gasteiger partial charge in [-0.15, -0.1) is 24.0 Å². The molecule has 0 aliphatic carbocycles. The summed E-state index contributed by atoms with van der Waals surface area (Å²) < 4.78 is 0. The van der Waals surface area contributed by atoms with Gasteiger partial charge in [0.05, 0.1) is 0 Å². The molecule has 1 aliphatic heterocycles. The van der Waals surface area contributed by atoms with Gasteiger partial charge in [0.15, 0.2) is 5.96 Å². The molecule has 30 heavy (non-hydrogen) atoms. The van der Waals surface area contributed by atoms with Crippen LogP contribution in [0.15, 0.2) is 29.3 Å². The molecule has 2 rings (SSSR count). The average molecular weight is 530 g/mol. The van der Waals surface area contributed by atoms with Gasteiger partial charge < -0.3 is 25.8 Å². The second-order valence-electron chi connectivity index (χ2n) is 7.95. The number of nitrogens with zero attached hydrogens (tertiary/aromatic N) is 3. The number of rotatable bonds is 9. The highest BCUT2D eigenvalue weighted by molar-refractivity contribution is 14.0. The van der Waals surface area contributed by atoms with Gasteiger partial charge in [0.1, 0.15) is 0 Å². The Bertz CT molecular complexity index is 659. The van der Waals surface area contributed by atoms with Gasteiger partial charge in [0, 0.05) is 51.4 Å². The summed E-state index contributed by atoms with van der Waals surface area (Å²) in [6, 6.07) is 8.21. The van der Waals surface area contributed by atoms with Crippen molar-refractivity contribution < 1.29 is 4.79 Å². The number of aliphatic imine (C=N–C) groups is 1. The molecule has 1 amide bonds. The standard InChI is InChI=1S/C22H38N6O.HI/c1-5-12-28-13-9-20(10-14-28)26-22(23-2)25-17-18-7-6-8-19(16-18)21(29)24-11-15-27(3)4;/h6-8,16,20H,5,9-15,17H2,1-4H3,(H,24,29)(H2,23,25,26);1H. The number of piperidine rings is 1. The molecule has 0 saturated carbocycles. The zero-order valence-electron chi connectivity index (χ0n) is 18.9. The molecule has 0 radical (unpaired) electrons. The maximum Gasteiger partial charge on any atom is 0.251 e. The molecule has 1 heterocycles. The molecule has 170 valence electrons. The molecule has 1 aromatic carbocycles. The molecule has 1 saturated heterocycles. The third-order valence-electron chi connectivity index (χ3n) is 5.19. The molecule has 0 unspecified atom stereocenters. The zero-order chi connectivity index (χ0) is 21.1. The molecule has 0 bridgehead atoms. The fourth-order valence-electron chi connectivity index (χ4n) is 3.51. The van der Waals surface area contributed by atoms with E-state index in [-0.39, 0.29) is 29.9 Å². The van der Waals surface area contributed by atoms with Crippen LogP contribution in [0.1, 0.15) is 42.1 Å². The lowest BCUT2D eigenvalue weighted by atomic mass is 10.1. The van der Waals surface area contributed by atoms with E-state index >= 15 is 0 Å². The summed E-state index contributed by atoms with van der Waals surface area (Å²) >= 11 is 0. The van der Waals surface area contributed by atoms with Crippen molar-refractivity contribution in [1.82, 2.24) is 25.8 Å². The molecule has 3 N–H and O–H groups in total. The van der Waals surface area contributed by atoms with Gasteiger partial charge in [-0.1, -0.05) is 19.1 Å². The smallest absolute Gasteiger partial charge is 0.251 e. The van der Waals surface area contributed by atoms with E-state index in [0.717, 1.165) is 44.0 Å². The van der Waals surface area contributed by atoms with Crippen molar-refractivity contribution >= 4 is 35.8 Å². The Hall–Kier alpha value is -1.39. The Morgan fingerprint density at radius 1 is 1.23 bits per heavy atom. The Morgan fingerprint density at radius 2 is 1.97 bits per heavy atom. The van der Waals surface area contributed by atoms with Crippen molar-refractivity contribution in [3.8, 4) is 0 Å². The van der Waals surface area contributed by atoms with Crippen LogP contribution in [-0.2, 0) is 6.54 Å². The fraction of sp³-hybridized carbons (Fsp3) is 0.636. The summed E-state index contributed by atoms with van der Waals surface area (Å²) in [5.41, 5.74) is 1.75. The van der Waals surface area contributed by atoms with Crippen LogP contribution in [0.2, 0.25) is 0 Å². The number of likely N-dealkylation sites (tertiary alicyclic amines) is 1. The number of nitrogens with one attached hydrogen (secondary N) is 3. The lowest BCUT2D eigenvalue weighted by Gasteiger charge is -2.32. The summed E-state index contributed by atoms with van der Waals surface area (Å²) in [6.07, 6.45) is 3.50. The average Bonchev–Trinajstić information content (AvgIpc) is 2.72. The molecule has 1 aliphatic rings. The number of hydrogen-bond donors (Lipinski definition) is 3. The summed E-state index contributed by atoms with van der Waals surface area (Å²) in [5, 5.41) is 9.88.